The molecule has 0 saturated carbocycles. The molecule has 0 radical (unpaired) electrons. The maximum Gasteiger partial charge on any atom is 0.412 e. The summed E-state index contributed by atoms with van der Waals surface area (Å²) in [5.74, 6) is -0.427. The first-order chi connectivity index (χ1) is 6.34. The summed E-state index contributed by atoms with van der Waals surface area (Å²) >= 11 is 0. The summed E-state index contributed by atoms with van der Waals surface area (Å²) in [6, 6.07) is 0. The lowest BCUT2D eigenvalue weighted by molar-refractivity contribution is -0.0994. The molecule has 84 valence electrons. The molecule has 1 N–H and O–H groups in total. The van der Waals surface area contributed by atoms with Crippen LogP contribution in [0.1, 0.15) is 27.2 Å². The van der Waals surface area contributed by atoms with Crippen LogP contribution in [0.4, 0.5) is 13.2 Å². The van der Waals surface area contributed by atoms with E-state index >= 15 is 0 Å². The van der Waals surface area contributed by atoms with Crippen molar-refractivity contribution in [3.63, 3.8) is 0 Å². The topological polar surface area (TPSA) is 12.0 Å². The van der Waals surface area contributed by atoms with E-state index in [0.717, 1.165) is 0 Å². The number of allylic oxidation sites excluding steroid dienone is 1. The Labute approximate surface area is 83.4 Å². The Bertz CT molecular complexity index is 206. The van der Waals surface area contributed by atoms with Gasteiger partial charge < -0.3 is 5.32 Å². The molecular formula is C10H18F3N. The standard InChI is InChI=1S/C10H18F3N/c1-5-7(2)9(10(11,12)13)8(3)6-14-4/h7,14H,5-6H2,1-4H3. The third-order valence-electron chi connectivity index (χ3n) is 2.31. The molecule has 14 heavy (non-hydrogen) atoms. The monoisotopic (exact) mass is 209 g/mol. The lowest BCUT2D eigenvalue weighted by Gasteiger charge is -2.20. The minimum absolute atomic E-state index is 0.291. The summed E-state index contributed by atoms with van der Waals surface area (Å²) in [6.07, 6.45) is -3.69. The van der Waals surface area contributed by atoms with Gasteiger partial charge in [-0.3, -0.25) is 0 Å². The highest BCUT2D eigenvalue weighted by molar-refractivity contribution is 5.20. The molecule has 0 aliphatic heterocycles. The Hall–Kier alpha value is -0.510. The molecule has 0 amide bonds. The third-order valence-corrected chi connectivity index (χ3v) is 2.31. The molecule has 0 aliphatic carbocycles. The van der Waals surface area contributed by atoms with Crippen molar-refractivity contribution >= 4 is 0 Å². The zero-order chi connectivity index (χ0) is 11.4. The average Bonchev–Trinajstić information content (AvgIpc) is 2.02. The van der Waals surface area contributed by atoms with Crippen molar-refractivity contribution in [3.05, 3.63) is 11.1 Å². The molecule has 1 unspecified atom stereocenters. The largest absolute Gasteiger partial charge is 0.412 e. The van der Waals surface area contributed by atoms with Gasteiger partial charge in [-0.1, -0.05) is 19.4 Å². The molecule has 0 rings (SSSR count). The van der Waals surface area contributed by atoms with Crippen LogP contribution in [-0.2, 0) is 0 Å². The number of halogens is 3. The second-order valence-electron chi connectivity index (χ2n) is 3.53. The average molecular weight is 209 g/mol. The van der Waals surface area contributed by atoms with E-state index < -0.39 is 12.1 Å². The maximum atomic E-state index is 12.6. The van der Waals surface area contributed by atoms with E-state index in [1.54, 1.807) is 20.9 Å². The molecule has 0 aliphatic rings. The highest BCUT2D eigenvalue weighted by atomic mass is 19.4. The van der Waals surface area contributed by atoms with E-state index in [-0.39, 0.29) is 5.57 Å². The molecule has 1 atom stereocenters. The first-order valence-electron chi connectivity index (χ1n) is 4.76. The second kappa shape index (κ2) is 5.39. The summed E-state index contributed by atoms with van der Waals surface area (Å²) < 4.78 is 37.9. The van der Waals surface area contributed by atoms with Crippen LogP contribution in [0.25, 0.3) is 0 Å². The molecule has 0 heterocycles. The van der Waals surface area contributed by atoms with E-state index in [4.69, 9.17) is 0 Å². The highest BCUT2D eigenvalue weighted by Crippen LogP contribution is 2.34. The molecule has 0 fully saturated rings. The van der Waals surface area contributed by atoms with Crippen molar-refractivity contribution in [2.75, 3.05) is 13.6 Å². The van der Waals surface area contributed by atoms with Crippen LogP contribution in [0.5, 0.6) is 0 Å². The minimum Gasteiger partial charge on any atom is -0.316 e. The SMILES string of the molecule is CCC(C)C(=C(C)CNC)C(F)(F)F. The van der Waals surface area contributed by atoms with Gasteiger partial charge in [-0.05, 0) is 26.3 Å². The smallest absolute Gasteiger partial charge is 0.316 e. The van der Waals surface area contributed by atoms with Crippen molar-refractivity contribution in [1.29, 1.82) is 0 Å². The Balaban J connectivity index is 4.99. The number of alkyl halides is 3. The van der Waals surface area contributed by atoms with Crippen LogP contribution < -0.4 is 5.32 Å². The lowest BCUT2D eigenvalue weighted by Crippen LogP contribution is -2.23. The fourth-order valence-corrected chi connectivity index (χ4v) is 1.51. The maximum absolute atomic E-state index is 12.6. The first-order valence-corrected chi connectivity index (χ1v) is 4.76. The molecule has 0 spiro atoms. The van der Waals surface area contributed by atoms with Crippen LogP contribution >= 0.6 is 0 Å². The number of likely N-dealkylation sites (N-methyl/N-ethyl adjacent to an activating group) is 1. The van der Waals surface area contributed by atoms with Gasteiger partial charge in [0.15, 0.2) is 0 Å². The van der Waals surface area contributed by atoms with E-state index in [2.05, 4.69) is 5.32 Å². The van der Waals surface area contributed by atoms with Crippen molar-refractivity contribution in [2.45, 2.75) is 33.4 Å². The normalized spacial score (nSPS) is 16.5. The van der Waals surface area contributed by atoms with Gasteiger partial charge in [0.1, 0.15) is 0 Å². The van der Waals surface area contributed by atoms with Gasteiger partial charge in [0.2, 0.25) is 0 Å². The van der Waals surface area contributed by atoms with Crippen molar-refractivity contribution < 1.29 is 13.2 Å². The zero-order valence-corrected chi connectivity index (χ0v) is 9.13. The van der Waals surface area contributed by atoms with Crippen LogP contribution in [0.15, 0.2) is 11.1 Å². The molecule has 0 aromatic heterocycles. The van der Waals surface area contributed by atoms with Crippen LogP contribution in [-0.4, -0.2) is 19.8 Å². The number of hydrogen-bond donors (Lipinski definition) is 1. The summed E-state index contributed by atoms with van der Waals surface area (Å²) in [5.41, 5.74) is 0.00343. The number of rotatable bonds is 4. The third kappa shape index (κ3) is 3.70. The number of hydrogen-bond acceptors (Lipinski definition) is 1. The molecule has 0 aromatic rings. The van der Waals surface area contributed by atoms with Gasteiger partial charge in [-0.2, -0.15) is 13.2 Å². The zero-order valence-electron chi connectivity index (χ0n) is 9.13. The van der Waals surface area contributed by atoms with Gasteiger partial charge in [0.05, 0.1) is 0 Å². The van der Waals surface area contributed by atoms with Gasteiger partial charge in [0, 0.05) is 12.1 Å². The van der Waals surface area contributed by atoms with Crippen LogP contribution in [0.3, 0.4) is 0 Å². The Kier molecular flexibility index (Phi) is 5.19. The van der Waals surface area contributed by atoms with E-state index in [0.29, 0.717) is 18.5 Å². The van der Waals surface area contributed by atoms with E-state index in [9.17, 15) is 13.2 Å². The quantitative estimate of drug-likeness (QED) is 0.701. The van der Waals surface area contributed by atoms with Crippen LogP contribution in [0, 0.1) is 5.92 Å². The first kappa shape index (κ1) is 13.5. The van der Waals surface area contributed by atoms with Gasteiger partial charge in [0.25, 0.3) is 0 Å². The number of nitrogens with one attached hydrogen (secondary N) is 1. The Morgan fingerprint density at radius 2 is 1.86 bits per heavy atom. The van der Waals surface area contributed by atoms with Crippen LogP contribution in [0.2, 0.25) is 0 Å². The fourth-order valence-electron chi connectivity index (χ4n) is 1.51. The summed E-state index contributed by atoms with van der Waals surface area (Å²) in [4.78, 5) is 0. The highest BCUT2D eigenvalue weighted by Gasteiger charge is 2.37. The second-order valence-corrected chi connectivity index (χ2v) is 3.53. The van der Waals surface area contributed by atoms with Gasteiger partial charge in [-0.25, -0.2) is 0 Å². The molecule has 1 nitrogen and oxygen atoms in total. The van der Waals surface area contributed by atoms with Gasteiger partial charge >= 0.3 is 6.18 Å². The summed E-state index contributed by atoms with van der Waals surface area (Å²) in [7, 11) is 1.65. The van der Waals surface area contributed by atoms with E-state index in [1.165, 1.54) is 6.92 Å². The predicted octanol–water partition coefficient (Wildman–Crippen LogP) is 3.13. The predicted molar refractivity (Wildman–Crippen MR) is 52.1 cm³/mol. The summed E-state index contributed by atoms with van der Waals surface area (Å²) in [6.45, 7) is 5.20. The van der Waals surface area contributed by atoms with Crippen molar-refractivity contribution in [1.82, 2.24) is 5.32 Å². The lowest BCUT2D eigenvalue weighted by atomic mass is 9.93. The minimum atomic E-state index is -4.20. The summed E-state index contributed by atoms with van der Waals surface area (Å²) in [5, 5.41) is 2.74. The molecule has 0 bridgehead atoms. The van der Waals surface area contributed by atoms with Gasteiger partial charge in [-0.15, -0.1) is 0 Å². The Morgan fingerprint density at radius 3 is 2.14 bits per heavy atom. The Morgan fingerprint density at radius 1 is 1.36 bits per heavy atom. The molecular weight excluding hydrogens is 191 g/mol. The molecule has 4 heteroatoms. The van der Waals surface area contributed by atoms with E-state index in [1.807, 2.05) is 0 Å². The van der Waals surface area contributed by atoms with Crippen molar-refractivity contribution in [3.8, 4) is 0 Å². The van der Waals surface area contributed by atoms with Crippen molar-refractivity contribution in [2.24, 2.45) is 5.92 Å². The fraction of sp³-hybridized carbons (Fsp3) is 0.800. The molecule has 0 saturated heterocycles. The molecule has 0 aromatic carbocycles.